The Labute approximate surface area is 92.4 Å². The second kappa shape index (κ2) is 4.97. The van der Waals surface area contributed by atoms with Crippen molar-refractivity contribution in [3.63, 3.8) is 0 Å². The Hall–Kier alpha value is -2.30. The highest BCUT2D eigenvalue weighted by atomic mass is 16.5. The van der Waals surface area contributed by atoms with Crippen LogP contribution in [0.25, 0.3) is 0 Å². The van der Waals surface area contributed by atoms with Gasteiger partial charge in [-0.1, -0.05) is 35.5 Å². The number of urea groups is 1. The Bertz CT molecular complexity index is 440. The molecule has 0 saturated carbocycles. The second-order valence-electron chi connectivity index (χ2n) is 3.18. The maximum absolute atomic E-state index is 11.4. The van der Waals surface area contributed by atoms with Crippen LogP contribution in [0.5, 0.6) is 0 Å². The van der Waals surface area contributed by atoms with Gasteiger partial charge < -0.3 is 9.84 Å². The van der Waals surface area contributed by atoms with Gasteiger partial charge in [0, 0.05) is 12.6 Å². The molecule has 82 valence electrons. The van der Waals surface area contributed by atoms with Gasteiger partial charge in [0.2, 0.25) is 0 Å². The number of hydrogen-bond donors (Lipinski definition) is 2. The van der Waals surface area contributed by atoms with Crippen LogP contribution in [0.4, 0.5) is 10.6 Å². The smallest absolute Gasteiger partial charge is 0.320 e. The van der Waals surface area contributed by atoms with Gasteiger partial charge in [0.05, 0.1) is 0 Å². The number of carbonyl (C=O) groups excluding carboxylic acids is 1. The fourth-order valence-electron chi connectivity index (χ4n) is 1.22. The van der Waals surface area contributed by atoms with E-state index in [-0.39, 0.29) is 6.03 Å². The molecule has 1 heterocycles. The molecule has 0 radical (unpaired) electrons. The lowest BCUT2D eigenvalue weighted by molar-refractivity contribution is 0.251. The predicted octanol–water partition coefficient (Wildman–Crippen LogP) is 2.00. The first-order chi connectivity index (χ1) is 7.84. The number of carbonyl (C=O) groups is 1. The van der Waals surface area contributed by atoms with E-state index in [0.29, 0.717) is 12.4 Å². The zero-order chi connectivity index (χ0) is 11.2. The van der Waals surface area contributed by atoms with Crippen LogP contribution in [-0.2, 0) is 6.54 Å². The zero-order valence-electron chi connectivity index (χ0n) is 8.51. The normalized spacial score (nSPS) is 9.75. The zero-order valence-corrected chi connectivity index (χ0v) is 8.51. The van der Waals surface area contributed by atoms with Gasteiger partial charge in [-0.05, 0) is 5.56 Å². The third-order valence-electron chi connectivity index (χ3n) is 1.98. The number of rotatable bonds is 3. The fourth-order valence-corrected chi connectivity index (χ4v) is 1.22. The van der Waals surface area contributed by atoms with Crippen LogP contribution in [0.15, 0.2) is 47.2 Å². The quantitative estimate of drug-likeness (QED) is 0.826. The van der Waals surface area contributed by atoms with Crippen molar-refractivity contribution in [3.05, 3.63) is 48.2 Å². The van der Waals surface area contributed by atoms with E-state index in [4.69, 9.17) is 0 Å². The van der Waals surface area contributed by atoms with E-state index in [1.165, 1.54) is 6.26 Å². The van der Waals surface area contributed by atoms with Gasteiger partial charge in [-0.3, -0.25) is 5.32 Å². The first-order valence-corrected chi connectivity index (χ1v) is 4.84. The number of hydrogen-bond acceptors (Lipinski definition) is 3. The van der Waals surface area contributed by atoms with Gasteiger partial charge in [0.15, 0.2) is 5.82 Å². The highest BCUT2D eigenvalue weighted by Crippen LogP contribution is 2.01. The van der Waals surface area contributed by atoms with Crippen molar-refractivity contribution in [1.29, 1.82) is 0 Å². The molecule has 2 amide bonds. The van der Waals surface area contributed by atoms with Crippen molar-refractivity contribution in [1.82, 2.24) is 10.5 Å². The monoisotopic (exact) mass is 217 g/mol. The van der Waals surface area contributed by atoms with E-state index >= 15 is 0 Å². The lowest BCUT2D eigenvalue weighted by Crippen LogP contribution is -2.28. The van der Waals surface area contributed by atoms with Crippen molar-refractivity contribution < 1.29 is 9.32 Å². The molecule has 0 aliphatic carbocycles. The summed E-state index contributed by atoms with van der Waals surface area (Å²) < 4.78 is 4.59. The maximum atomic E-state index is 11.4. The van der Waals surface area contributed by atoms with Gasteiger partial charge in [-0.15, -0.1) is 0 Å². The Balaban J connectivity index is 1.80. The first-order valence-electron chi connectivity index (χ1n) is 4.84. The Morgan fingerprint density at radius 1 is 1.25 bits per heavy atom. The molecule has 0 fully saturated rings. The summed E-state index contributed by atoms with van der Waals surface area (Å²) in [6.45, 7) is 0.477. The molecule has 0 bridgehead atoms. The number of benzene rings is 1. The molecule has 2 N–H and O–H groups in total. The molecular formula is C11H11N3O2. The molecule has 5 nitrogen and oxygen atoms in total. The Kier molecular flexibility index (Phi) is 3.18. The molecule has 0 unspecified atom stereocenters. The highest BCUT2D eigenvalue weighted by Gasteiger charge is 2.02. The van der Waals surface area contributed by atoms with Gasteiger partial charge in [0.1, 0.15) is 6.26 Å². The van der Waals surface area contributed by atoms with Crippen LogP contribution >= 0.6 is 0 Å². The lowest BCUT2D eigenvalue weighted by atomic mass is 10.2. The van der Waals surface area contributed by atoms with E-state index in [0.717, 1.165) is 5.56 Å². The van der Waals surface area contributed by atoms with Crippen molar-refractivity contribution in [3.8, 4) is 0 Å². The van der Waals surface area contributed by atoms with Crippen molar-refractivity contribution in [2.45, 2.75) is 6.54 Å². The molecular weight excluding hydrogens is 206 g/mol. The fraction of sp³-hybridized carbons (Fsp3) is 0.0909. The third-order valence-corrected chi connectivity index (χ3v) is 1.98. The highest BCUT2D eigenvalue weighted by molar-refractivity contribution is 5.87. The molecule has 0 atom stereocenters. The van der Waals surface area contributed by atoms with Gasteiger partial charge in [-0.25, -0.2) is 4.79 Å². The molecule has 0 aliphatic rings. The largest absolute Gasteiger partial charge is 0.363 e. The summed E-state index contributed by atoms with van der Waals surface area (Å²) in [5, 5.41) is 8.81. The van der Waals surface area contributed by atoms with Crippen LogP contribution in [0.2, 0.25) is 0 Å². The number of amides is 2. The Morgan fingerprint density at radius 2 is 2.06 bits per heavy atom. The van der Waals surface area contributed by atoms with Gasteiger partial charge in [0.25, 0.3) is 0 Å². The first kappa shape index (κ1) is 10.2. The standard InChI is InChI=1S/C11H11N3O2/c15-11(13-10-6-7-16-14-10)12-8-9-4-2-1-3-5-9/h1-7H,8H2,(H2,12,13,14,15). The minimum atomic E-state index is -0.308. The van der Waals surface area contributed by atoms with Gasteiger partial charge >= 0.3 is 6.03 Å². The molecule has 1 aromatic heterocycles. The summed E-state index contributed by atoms with van der Waals surface area (Å²) in [7, 11) is 0. The Morgan fingerprint density at radius 3 is 2.75 bits per heavy atom. The van der Waals surface area contributed by atoms with E-state index in [1.54, 1.807) is 6.07 Å². The maximum Gasteiger partial charge on any atom is 0.320 e. The number of anilines is 1. The van der Waals surface area contributed by atoms with Crippen LogP contribution in [0, 0.1) is 0 Å². The average molecular weight is 217 g/mol. The lowest BCUT2D eigenvalue weighted by Gasteiger charge is -2.04. The summed E-state index contributed by atoms with van der Waals surface area (Å²) in [5.41, 5.74) is 1.04. The predicted molar refractivity (Wildman–Crippen MR) is 58.8 cm³/mol. The van der Waals surface area contributed by atoms with Crippen LogP contribution in [-0.4, -0.2) is 11.2 Å². The molecule has 0 aliphatic heterocycles. The summed E-state index contributed by atoms with van der Waals surface area (Å²) in [6, 6.07) is 10.9. The minimum absolute atomic E-state index is 0.308. The molecule has 16 heavy (non-hydrogen) atoms. The number of nitrogens with zero attached hydrogens (tertiary/aromatic N) is 1. The third kappa shape index (κ3) is 2.84. The van der Waals surface area contributed by atoms with E-state index in [1.807, 2.05) is 30.3 Å². The van der Waals surface area contributed by atoms with Crippen molar-refractivity contribution in [2.75, 3.05) is 5.32 Å². The van der Waals surface area contributed by atoms with Crippen LogP contribution in [0.3, 0.4) is 0 Å². The second-order valence-corrected chi connectivity index (χ2v) is 3.18. The van der Waals surface area contributed by atoms with Gasteiger partial charge in [-0.2, -0.15) is 0 Å². The molecule has 1 aromatic carbocycles. The summed E-state index contributed by atoms with van der Waals surface area (Å²) >= 11 is 0. The summed E-state index contributed by atoms with van der Waals surface area (Å²) in [6.07, 6.45) is 1.40. The van der Waals surface area contributed by atoms with Crippen molar-refractivity contribution >= 4 is 11.8 Å². The molecule has 0 saturated heterocycles. The van der Waals surface area contributed by atoms with Crippen molar-refractivity contribution in [2.24, 2.45) is 0 Å². The minimum Gasteiger partial charge on any atom is -0.363 e. The average Bonchev–Trinajstić information content (AvgIpc) is 2.81. The van der Waals surface area contributed by atoms with E-state index in [9.17, 15) is 4.79 Å². The number of aromatic nitrogens is 1. The van der Waals surface area contributed by atoms with E-state index < -0.39 is 0 Å². The van der Waals surface area contributed by atoms with Crippen LogP contribution < -0.4 is 10.6 Å². The topological polar surface area (TPSA) is 67.2 Å². The molecule has 2 rings (SSSR count). The molecule has 0 spiro atoms. The summed E-state index contributed by atoms with van der Waals surface area (Å²) in [4.78, 5) is 11.4. The summed E-state index contributed by atoms with van der Waals surface area (Å²) in [5.74, 6) is 0.394. The van der Waals surface area contributed by atoms with Crippen LogP contribution in [0.1, 0.15) is 5.56 Å². The number of nitrogens with one attached hydrogen (secondary N) is 2. The van der Waals surface area contributed by atoms with E-state index in [2.05, 4.69) is 20.3 Å². The SMILES string of the molecule is O=C(NCc1ccccc1)Nc1ccon1. The molecule has 2 aromatic rings. The molecule has 5 heteroatoms.